The van der Waals surface area contributed by atoms with Crippen molar-refractivity contribution in [1.29, 1.82) is 0 Å². The van der Waals surface area contributed by atoms with Gasteiger partial charge in [-0.15, -0.1) is 0 Å². The van der Waals surface area contributed by atoms with Crippen molar-refractivity contribution in [2.24, 2.45) is 0 Å². The van der Waals surface area contributed by atoms with Crippen LogP contribution in [0.5, 0.6) is 0 Å². The summed E-state index contributed by atoms with van der Waals surface area (Å²) in [5, 5.41) is 0. The molecule has 0 fully saturated rings. The second-order valence-electron chi connectivity index (χ2n) is 6.52. The topological polar surface area (TPSA) is 6.48 Å². The molecule has 0 radical (unpaired) electrons. The van der Waals surface area contributed by atoms with Crippen molar-refractivity contribution >= 4 is 11.4 Å². The number of hydrogen-bond donors (Lipinski definition) is 0. The Kier molecular flexibility index (Phi) is 6.32. The Bertz CT molecular complexity index is 719. The van der Waals surface area contributed by atoms with Gasteiger partial charge in [0.1, 0.15) is 0 Å². The van der Waals surface area contributed by atoms with Gasteiger partial charge in [-0.3, -0.25) is 0 Å². The van der Waals surface area contributed by atoms with Gasteiger partial charge >= 0.3 is 0 Å². The van der Waals surface area contributed by atoms with Gasteiger partial charge in [0.2, 0.25) is 0 Å². The lowest BCUT2D eigenvalue weighted by molar-refractivity contribution is 0.818. The number of anilines is 2. The molecule has 0 aliphatic rings. The van der Waals surface area contributed by atoms with Gasteiger partial charge in [-0.2, -0.15) is 0 Å². The Labute approximate surface area is 157 Å². The predicted octanol–water partition coefficient (Wildman–Crippen LogP) is 5.74. The monoisotopic (exact) mass is 344 g/mol. The van der Waals surface area contributed by atoms with Crippen molar-refractivity contribution < 1.29 is 0 Å². The van der Waals surface area contributed by atoms with E-state index in [1.54, 1.807) is 0 Å². The fourth-order valence-corrected chi connectivity index (χ4v) is 3.27. The first-order valence-electron chi connectivity index (χ1n) is 9.48. The highest BCUT2D eigenvalue weighted by molar-refractivity contribution is 5.59. The van der Waals surface area contributed by atoms with E-state index in [9.17, 15) is 0 Å². The largest absolute Gasteiger partial charge is 0.367 e. The zero-order valence-electron chi connectivity index (χ0n) is 15.8. The molecule has 0 saturated carbocycles. The van der Waals surface area contributed by atoms with Crippen LogP contribution in [-0.4, -0.2) is 13.1 Å². The molecule has 0 bridgehead atoms. The molecule has 0 atom stereocenters. The van der Waals surface area contributed by atoms with Crippen LogP contribution in [0.25, 0.3) is 0 Å². The summed E-state index contributed by atoms with van der Waals surface area (Å²) in [4.78, 5) is 4.85. The highest BCUT2D eigenvalue weighted by atomic mass is 15.1. The minimum atomic E-state index is 0.936. The van der Waals surface area contributed by atoms with Crippen LogP contribution in [0, 0.1) is 0 Å². The molecule has 134 valence electrons. The lowest BCUT2D eigenvalue weighted by atomic mass is 10.1. The second kappa shape index (κ2) is 9.10. The van der Waals surface area contributed by atoms with Crippen LogP contribution < -0.4 is 9.80 Å². The van der Waals surface area contributed by atoms with E-state index in [1.807, 2.05) is 0 Å². The van der Waals surface area contributed by atoms with E-state index in [4.69, 9.17) is 0 Å². The molecule has 26 heavy (non-hydrogen) atoms. The molecular weight excluding hydrogens is 316 g/mol. The summed E-state index contributed by atoms with van der Waals surface area (Å²) < 4.78 is 0. The molecule has 3 rings (SSSR count). The summed E-state index contributed by atoms with van der Waals surface area (Å²) in [5.41, 5.74) is 5.24. The first kappa shape index (κ1) is 18.1. The number of hydrogen-bond acceptors (Lipinski definition) is 2. The Balaban J connectivity index is 1.79. The Morgan fingerprint density at radius 2 is 0.962 bits per heavy atom. The number of rotatable bonds is 8. The highest BCUT2D eigenvalue weighted by Crippen LogP contribution is 2.25. The first-order chi connectivity index (χ1) is 12.8. The van der Waals surface area contributed by atoms with E-state index in [0.29, 0.717) is 0 Å². The van der Waals surface area contributed by atoms with Crippen molar-refractivity contribution in [1.82, 2.24) is 0 Å². The maximum absolute atomic E-state index is 2.43. The van der Waals surface area contributed by atoms with Gasteiger partial charge in [0.15, 0.2) is 0 Å². The lowest BCUT2D eigenvalue weighted by Gasteiger charge is -2.27. The molecule has 3 aromatic carbocycles. The summed E-state index contributed by atoms with van der Waals surface area (Å²) >= 11 is 0. The smallest absolute Gasteiger partial charge is 0.0429 e. The summed E-state index contributed by atoms with van der Waals surface area (Å²) in [6.45, 7) is 8.29. The quantitative estimate of drug-likeness (QED) is 0.514. The van der Waals surface area contributed by atoms with Crippen molar-refractivity contribution in [2.45, 2.75) is 26.9 Å². The number of nitrogens with zero attached hydrogens (tertiary/aromatic N) is 2. The van der Waals surface area contributed by atoms with Crippen molar-refractivity contribution in [2.75, 3.05) is 22.9 Å². The van der Waals surface area contributed by atoms with Crippen molar-refractivity contribution in [3.63, 3.8) is 0 Å². The Morgan fingerprint density at radius 1 is 0.538 bits per heavy atom. The lowest BCUT2D eigenvalue weighted by Crippen LogP contribution is -2.24. The fraction of sp³-hybridized carbons (Fsp3) is 0.250. The van der Waals surface area contributed by atoms with Crippen LogP contribution in [0.4, 0.5) is 11.4 Å². The summed E-state index contributed by atoms with van der Waals surface area (Å²) in [6.07, 6.45) is 0. The van der Waals surface area contributed by atoms with Crippen LogP contribution in [-0.2, 0) is 13.1 Å². The zero-order valence-corrected chi connectivity index (χ0v) is 15.8. The Hall–Kier alpha value is -2.74. The summed E-state index contributed by atoms with van der Waals surface area (Å²) in [5.74, 6) is 0. The minimum Gasteiger partial charge on any atom is -0.367 e. The molecule has 0 spiro atoms. The third-order valence-corrected chi connectivity index (χ3v) is 4.76. The number of benzene rings is 3. The van der Waals surface area contributed by atoms with Crippen LogP contribution in [0.3, 0.4) is 0 Å². The molecule has 0 heterocycles. The van der Waals surface area contributed by atoms with Gasteiger partial charge < -0.3 is 9.80 Å². The molecule has 0 aliphatic heterocycles. The molecule has 0 N–H and O–H groups in total. The van der Waals surface area contributed by atoms with Crippen LogP contribution in [0.2, 0.25) is 0 Å². The van der Waals surface area contributed by atoms with E-state index < -0.39 is 0 Å². The average molecular weight is 345 g/mol. The fourth-order valence-electron chi connectivity index (χ4n) is 3.27. The van der Waals surface area contributed by atoms with Gasteiger partial charge in [0, 0.05) is 37.6 Å². The molecule has 2 heteroatoms. The van der Waals surface area contributed by atoms with E-state index in [1.165, 1.54) is 22.5 Å². The maximum Gasteiger partial charge on any atom is 0.0429 e. The van der Waals surface area contributed by atoms with Gasteiger partial charge in [-0.05, 0) is 43.2 Å². The molecule has 0 amide bonds. The van der Waals surface area contributed by atoms with E-state index >= 15 is 0 Å². The normalized spacial score (nSPS) is 10.5. The molecule has 0 unspecified atom stereocenters. The highest BCUT2D eigenvalue weighted by Gasteiger charge is 2.10. The van der Waals surface area contributed by atoms with Crippen LogP contribution in [0.15, 0.2) is 84.9 Å². The molecule has 0 aliphatic carbocycles. The molecular formula is C24H28N2. The van der Waals surface area contributed by atoms with Crippen molar-refractivity contribution in [3.8, 4) is 0 Å². The molecule has 2 nitrogen and oxygen atoms in total. The Morgan fingerprint density at radius 3 is 1.35 bits per heavy atom. The third-order valence-electron chi connectivity index (χ3n) is 4.76. The maximum atomic E-state index is 2.43. The standard InChI is InChI=1S/C24H28N2/c1-3-25(19-21-12-7-5-8-13-21)23-16-11-17-24(18-23)26(4-2)20-22-14-9-6-10-15-22/h5-18H,3-4,19-20H2,1-2H3. The second-order valence-corrected chi connectivity index (χ2v) is 6.52. The van der Waals surface area contributed by atoms with E-state index in [-0.39, 0.29) is 0 Å². The van der Waals surface area contributed by atoms with E-state index in [0.717, 1.165) is 26.2 Å². The van der Waals surface area contributed by atoms with Gasteiger partial charge in [-0.25, -0.2) is 0 Å². The first-order valence-corrected chi connectivity index (χ1v) is 9.48. The summed E-state index contributed by atoms with van der Waals surface area (Å²) in [7, 11) is 0. The SMILES string of the molecule is CCN(Cc1ccccc1)c1cccc(N(CC)Cc2ccccc2)c1. The zero-order chi connectivity index (χ0) is 18.2. The van der Waals surface area contributed by atoms with Crippen LogP contribution >= 0.6 is 0 Å². The van der Waals surface area contributed by atoms with Crippen molar-refractivity contribution in [3.05, 3.63) is 96.1 Å². The van der Waals surface area contributed by atoms with Gasteiger partial charge in [-0.1, -0.05) is 66.7 Å². The molecule has 0 saturated heterocycles. The predicted molar refractivity (Wildman–Crippen MR) is 113 cm³/mol. The average Bonchev–Trinajstić information content (AvgIpc) is 2.72. The molecule has 0 aromatic heterocycles. The molecule has 3 aromatic rings. The minimum absolute atomic E-state index is 0.936. The van der Waals surface area contributed by atoms with E-state index in [2.05, 4.69) is 109 Å². The third kappa shape index (κ3) is 4.66. The van der Waals surface area contributed by atoms with Gasteiger partial charge in [0.05, 0.1) is 0 Å². The summed E-state index contributed by atoms with van der Waals surface area (Å²) in [6, 6.07) is 30.3. The van der Waals surface area contributed by atoms with Gasteiger partial charge in [0.25, 0.3) is 0 Å². The van der Waals surface area contributed by atoms with Crippen LogP contribution in [0.1, 0.15) is 25.0 Å².